The van der Waals surface area contributed by atoms with Crippen LogP contribution < -0.4 is 10.2 Å². The molecule has 1 aliphatic heterocycles. The summed E-state index contributed by atoms with van der Waals surface area (Å²) in [6.07, 6.45) is -0.148. The van der Waals surface area contributed by atoms with Crippen molar-refractivity contribution in [1.82, 2.24) is 10.2 Å². The average Bonchev–Trinajstić information content (AvgIpc) is 2.72. The van der Waals surface area contributed by atoms with Crippen LogP contribution in [0.15, 0.2) is 42.5 Å². The topological polar surface area (TPSA) is 52.7 Å². The number of benzene rings is 2. The van der Waals surface area contributed by atoms with Crippen LogP contribution in [0.4, 0.5) is 14.5 Å². The number of amides is 2. The summed E-state index contributed by atoms with van der Waals surface area (Å²) in [4.78, 5) is 28.1. The maximum Gasteiger partial charge on any atom is 0.242 e. The molecule has 5 nitrogen and oxygen atoms in total. The Bertz CT molecular complexity index is 866. The van der Waals surface area contributed by atoms with E-state index in [1.165, 1.54) is 6.07 Å². The van der Waals surface area contributed by atoms with E-state index in [0.717, 1.165) is 17.8 Å². The maximum atomic E-state index is 13.6. The first kappa shape index (κ1) is 21.0. The summed E-state index contributed by atoms with van der Waals surface area (Å²) in [5, 5.41) is 3.20. The van der Waals surface area contributed by atoms with Gasteiger partial charge in [-0.2, -0.15) is 0 Å². The molecule has 1 heterocycles. The van der Waals surface area contributed by atoms with Gasteiger partial charge >= 0.3 is 0 Å². The predicted octanol–water partition coefficient (Wildman–Crippen LogP) is 3.02. The highest BCUT2D eigenvalue weighted by Gasteiger charge is 2.21. The fraction of sp³-hybridized carbons (Fsp3) is 0.333. The van der Waals surface area contributed by atoms with E-state index in [-0.39, 0.29) is 30.9 Å². The van der Waals surface area contributed by atoms with Gasteiger partial charge in [-0.1, -0.05) is 23.7 Å². The van der Waals surface area contributed by atoms with E-state index in [0.29, 0.717) is 31.2 Å². The Labute approximate surface area is 173 Å². The molecule has 2 amide bonds. The van der Waals surface area contributed by atoms with Gasteiger partial charge in [0.25, 0.3) is 0 Å². The molecule has 0 atom stereocenters. The van der Waals surface area contributed by atoms with Crippen molar-refractivity contribution in [3.63, 3.8) is 0 Å². The van der Waals surface area contributed by atoms with E-state index >= 15 is 0 Å². The summed E-state index contributed by atoms with van der Waals surface area (Å²) in [5.41, 5.74) is 0.893. The molecular formula is C21H22ClF2N3O2. The van der Waals surface area contributed by atoms with Crippen LogP contribution in [0.2, 0.25) is 5.02 Å². The molecule has 1 saturated heterocycles. The van der Waals surface area contributed by atoms with E-state index in [1.54, 1.807) is 4.90 Å². The molecule has 0 saturated carbocycles. The lowest BCUT2D eigenvalue weighted by Crippen LogP contribution is -2.51. The molecular weight excluding hydrogens is 400 g/mol. The monoisotopic (exact) mass is 421 g/mol. The third-order valence-corrected chi connectivity index (χ3v) is 5.14. The molecule has 2 aromatic rings. The van der Waals surface area contributed by atoms with Crippen LogP contribution >= 0.6 is 11.6 Å². The normalized spacial score (nSPS) is 14.0. The van der Waals surface area contributed by atoms with Crippen molar-refractivity contribution < 1.29 is 18.4 Å². The van der Waals surface area contributed by atoms with Gasteiger partial charge in [0.2, 0.25) is 11.8 Å². The number of carbonyl (C=O) groups excluding carboxylic acids is 2. The minimum Gasteiger partial charge on any atom is -0.368 e. The zero-order chi connectivity index (χ0) is 20.8. The highest BCUT2D eigenvalue weighted by Crippen LogP contribution is 2.20. The molecule has 1 fully saturated rings. The van der Waals surface area contributed by atoms with E-state index in [2.05, 4.69) is 10.2 Å². The molecule has 29 heavy (non-hydrogen) atoms. The molecule has 1 N–H and O–H groups in total. The molecule has 8 heteroatoms. The second kappa shape index (κ2) is 9.69. The van der Waals surface area contributed by atoms with Crippen LogP contribution in [0.1, 0.15) is 12.0 Å². The van der Waals surface area contributed by atoms with Crippen molar-refractivity contribution in [2.75, 3.05) is 37.6 Å². The Kier molecular flexibility index (Phi) is 7.04. The molecule has 1 aliphatic rings. The van der Waals surface area contributed by atoms with Crippen molar-refractivity contribution >= 4 is 29.1 Å². The lowest BCUT2D eigenvalue weighted by atomic mass is 10.1. The minimum atomic E-state index is -0.675. The van der Waals surface area contributed by atoms with Crippen molar-refractivity contribution in [2.45, 2.75) is 12.8 Å². The van der Waals surface area contributed by atoms with E-state index in [9.17, 15) is 18.4 Å². The van der Waals surface area contributed by atoms with Crippen molar-refractivity contribution in [1.29, 1.82) is 0 Å². The summed E-state index contributed by atoms with van der Waals surface area (Å²) in [7, 11) is 0. The Balaban J connectivity index is 1.41. The number of carbonyl (C=O) groups is 2. The third-order valence-electron chi connectivity index (χ3n) is 4.91. The number of halogens is 3. The van der Waals surface area contributed by atoms with Crippen LogP contribution in [0.3, 0.4) is 0 Å². The first-order valence-electron chi connectivity index (χ1n) is 9.42. The van der Waals surface area contributed by atoms with Gasteiger partial charge in [-0.05, 0) is 36.8 Å². The Morgan fingerprint density at radius 3 is 2.31 bits per heavy atom. The zero-order valence-corrected chi connectivity index (χ0v) is 16.6. The largest absolute Gasteiger partial charge is 0.368 e. The maximum absolute atomic E-state index is 13.6. The molecule has 0 aromatic heterocycles. The Hall–Kier alpha value is -2.67. The summed E-state index contributed by atoms with van der Waals surface area (Å²) in [5.74, 6) is -1.95. The Morgan fingerprint density at radius 2 is 1.66 bits per heavy atom. The number of nitrogens with one attached hydrogen (secondary N) is 1. The highest BCUT2D eigenvalue weighted by molar-refractivity contribution is 6.30. The number of hydrogen-bond donors (Lipinski definition) is 1. The van der Waals surface area contributed by atoms with Gasteiger partial charge in [-0.25, -0.2) is 8.78 Å². The second-order valence-electron chi connectivity index (χ2n) is 6.82. The second-order valence-corrected chi connectivity index (χ2v) is 7.26. The number of hydrogen-bond acceptors (Lipinski definition) is 3. The van der Waals surface area contributed by atoms with E-state index in [1.807, 2.05) is 24.3 Å². The number of rotatable bonds is 6. The van der Waals surface area contributed by atoms with Crippen LogP contribution in [-0.2, 0) is 16.0 Å². The smallest absolute Gasteiger partial charge is 0.242 e. The summed E-state index contributed by atoms with van der Waals surface area (Å²) in [6, 6.07) is 11.1. The lowest BCUT2D eigenvalue weighted by molar-refractivity contribution is -0.133. The zero-order valence-electron chi connectivity index (χ0n) is 15.8. The van der Waals surface area contributed by atoms with Gasteiger partial charge in [-0.3, -0.25) is 9.59 Å². The van der Waals surface area contributed by atoms with E-state index in [4.69, 9.17) is 11.6 Å². The molecule has 0 radical (unpaired) electrons. The summed E-state index contributed by atoms with van der Waals surface area (Å²) < 4.78 is 27.2. The Morgan fingerprint density at radius 1 is 1.00 bits per heavy atom. The number of nitrogens with zero attached hydrogens (tertiary/aromatic N) is 2. The van der Waals surface area contributed by atoms with Crippen LogP contribution in [0, 0.1) is 11.6 Å². The van der Waals surface area contributed by atoms with Gasteiger partial charge < -0.3 is 15.1 Å². The van der Waals surface area contributed by atoms with Crippen molar-refractivity contribution in [3.8, 4) is 0 Å². The SMILES string of the molecule is O=C(CCc1c(F)cccc1F)NCC(=O)N1CCN(c2cccc(Cl)c2)CC1. The number of piperazine rings is 1. The minimum absolute atomic E-state index is 0.0587. The molecule has 0 unspecified atom stereocenters. The predicted molar refractivity (Wildman–Crippen MR) is 108 cm³/mol. The summed E-state index contributed by atoms with van der Waals surface area (Å²) >= 11 is 6.02. The molecule has 2 aromatic carbocycles. The van der Waals surface area contributed by atoms with E-state index < -0.39 is 17.5 Å². The fourth-order valence-corrected chi connectivity index (χ4v) is 3.46. The van der Waals surface area contributed by atoms with Crippen molar-refractivity contribution in [2.24, 2.45) is 0 Å². The third kappa shape index (κ3) is 5.67. The highest BCUT2D eigenvalue weighted by atomic mass is 35.5. The molecule has 3 rings (SSSR count). The van der Waals surface area contributed by atoms with Crippen LogP contribution in [-0.4, -0.2) is 49.4 Å². The lowest BCUT2D eigenvalue weighted by Gasteiger charge is -2.36. The molecule has 0 spiro atoms. The van der Waals surface area contributed by atoms with Gasteiger partial charge in [0, 0.05) is 48.9 Å². The first-order chi connectivity index (χ1) is 13.9. The quantitative estimate of drug-likeness (QED) is 0.780. The molecule has 0 aliphatic carbocycles. The fourth-order valence-electron chi connectivity index (χ4n) is 3.27. The molecule has 0 bridgehead atoms. The van der Waals surface area contributed by atoms with Gasteiger partial charge in [-0.15, -0.1) is 0 Å². The first-order valence-corrected chi connectivity index (χ1v) is 9.79. The average molecular weight is 422 g/mol. The standard InChI is InChI=1S/C21H22ClF2N3O2/c22-15-3-1-4-16(13-15)26-9-11-27(12-10-26)21(29)14-25-20(28)8-7-17-18(23)5-2-6-19(17)24/h1-6,13H,7-12,14H2,(H,25,28). The van der Waals surface area contributed by atoms with Crippen molar-refractivity contribution in [3.05, 3.63) is 64.7 Å². The van der Waals surface area contributed by atoms with Crippen LogP contribution in [0.25, 0.3) is 0 Å². The van der Waals surface area contributed by atoms with Crippen LogP contribution in [0.5, 0.6) is 0 Å². The van der Waals surface area contributed by atoms with Gasteiger partial charge in [0.05, 0.1) is 6.54 Å². The molecule has 154 valence electrons. The van der Waals surface area contributed by atoms with Gasteiger partial charge in [0.15, 0.2) is 0 Å². The summed E-state index contributed by atoms with van der Waals surface area (Å²) in [6.45, 7) is 2.30. The number of anilines is 1. The van der Waals surface area contributed by atoms with Gasteiger partial charge in [0.1, 0.15) is 11.6 Å².